The van der Waals surface area contributed by atoms with Gasteiger partial charge in [0.1, 0.15) is 0 Å². The summed E-state index contributed by atoms with van der Waals surface area (Å²) in [6, 6.07) is 9.33. The van der Waals surface area contributed by atoms with Crippen LogP contribution in [0.1, 0.15) is 23.4 Å². The summed E-state index contributed by atoms with van der Waals surface area (Å²) in [6.07, 6.45) is 7.68. The minimum absolute atomic E-state index is 0.0947. The van der Waals surface area contributed by atoms with E-state index in [1.807, 2.05) is 36.5 Å². The Morgan fingerprint density at radius 2 is 2.19 bits per heavy atom. The Bertz CT molecular complexity index is 921. The monoisotopic (exact) mass is 365 g/mol. The number of nitrogens with one attached hydrogen (secondary N) is 1. The van der Waals surface area contributed by atoms with Crippen LogP contribution in [0.4, 0.5) is 5.69 Å². The molecule has 0 bridgehead atoms. The van der Waals surface area contributed by atoms with Crippen molar-refractivity contribution in [2.75, 3.05) is 18.4 Å². The topological polar surface area (TPSA) is 93.3 Å². The molecular formula is C19H19N5O3. The molecule has 1 fully saturated rings. The van der Waals surface area contributed by atoms with E-state index in [1.165, 1.54) is 12.6 Å². The van der Waals surface area contributed by atoms with Crippen molar-refractivity contribution in [2.45, 2.75) is 12.8 Å². The summed E-state index contributed by atoms with van der Waals surface area (Å²) in [4.78, 5) is 30.6. The molecule has 2 amide bonds. The quantitative estimate of drug-likeness (QED) is 0.766. The molecule has 1 aliphatic heterocycles. The molecule has 3 aromatic rings. The van der Waals surface area contributed by atoms with Gasteiger partial charge in [-0.15, -0.1) is 0 Å². The second-order valence-electron chi connectivity index (χ2n) is 6.45. The minimum Gasteiger partial charge on any atom is -0.438 e. The zero-order valence-electron chi connectivity index (χ0n) is 14.6. The van der Waals surface area contributed by atoms with E-state index in [0.29, 0.717) is 18.8 Å². The highest BCUT2D eigenvalue weighted by Crippen LogP contribution is 2.21. The van der Waals surface area contributed by atoms with Crippen LogP contribution in [0.2, 0.25) is 0 Å². The van der Waals surface area contributed by atoms with Crippen LogP contribution in [0.3, 0.4) is 0 Å². The van der Waals surface area contributed by atoms with E-state index in [2.05, 4.69) is 15.4 Å². The Labute approximate surface area is 155 Å². The number of hydrogen-bond donors (Lipinski definition) is 1. The van der Waals surface area contributed by atoms with Gasteiger partial charge in [0.15, 0.2) is 6.39 Å². The van der Waals surface area contributed by atoms with Gasteiger partial charge in [-0.2, -0.15) is 5.10 Å². The maximum Gasteiger partial charge on any atom is 0.291 e. The maximum atomic E-state index is 12.7. The second kappa shape index (κ2) is 7.45. The molecule has 1 N–H and O–H groups in total. The predicted molar refractivity (Wildman–Crippen MR) is 97.3 cm³/mol. The van der Waals surface area contributed by atoms with Crippen molar-refractivity contribution in [3.8, 4) is 5.69 Å². The Balaban J connectivity index is 1.42. The Hall–Kier alpha value is -3.42. The fraction of sp³-hybridized carbons (Fsp3) is 0.263. The molecule has 0 radical (unpaired) electrons. The normalized spacial score (nSPS) is 16.9. The summed E-state index contributed by atoms with van der Waals surface area (Å²) in [7, 11) is 0. The Kier molecular flexibility index (Phi) is 4.69. The molecule has 3 heterocycles. The van der Waals surface area contributed by atoms with Gasteiger partial charge in [-0.3, -0.25) is 9.59 Å². The largest absolute Gasteiger partial charge is 0.438 e. The summed E-state index contributed by atoms with van der Waals surface area (Å²) >= 11 is 0. The van der Waals surface area contributed by atoms with Gasteiger partial charge in [0.05, 0.1) is 17.8 Å². The van der Waals surface area contributed by atoms with Crippen molar-refractivity contribution in [1.82, 2.24) is 19.7 Å². The minimum atomic E-state index is -0.265. The first-order valence-electron chi connectivity index (χ1n) is 8.79. The van der Waals surface area contributed by atoms with Crippen molar-refractivity contribution in [3.63, 3.8) is 0 Å². The lowest BCUT2D eigenvalue weighted by molar-refractivity contribution is -0.121. The number of carbonyl (C=O) groups excluding carboxylic acids is 2. The molecule has 8 heteroatoms. The second-order valence-corrected chi connectivity index (χ2v) is 6.45. The van der Waals surface area contributed by atoms with Crippen LogP contribution in [0, 0.1) is 5.92 Å². The summed E-state index contributed by atoms with van der Waals surface area (Å²) in [5.41, 5.74) is 1.57. The van der Waals surface area contributed by atoms with Crippen LogP contribution >= 0.6 is 0 Å². The molecule has 1 aromatic carbocycles. The molecular weight excluding hydrogens is 346 g/mol. The number of benzene rings is 1. The average molecular weight is 365 g/mol. The number of oxazole rings is 1. The molecule has 0 aliphatic carbocycles. The number of nitrogens with zero attached hydrogens (tertiary/aromatic N) is 4. The van der Waals surface area contributed by atoms with Gasteiger partial charge in [0.25, 0.3) is 5.91 Å². The van der Waals surface area contributed by atoms with Gasteiger partial charge in [-0.05, 0) is 37.1 Å². The zero-order chi connectivity index (χ0) is 18.6. The molecule has 1 aliphatic rings. The number of amides is 2. The third-order valence-corrected chi connectivity index (χ3v) is 4.61. The number of hydrogen-bond acceptors (Lipinski definition) is 5. The lowest BCUT2D eigenvalue weighted by Crippen LogP contribution is -2.43. The number of aromatic nitrogens is 3. The SMILES string of the molecule is O=C(Nc1cccc(-n2cccn2)c1)C1CCCN(C(=O)c2cnco2)C1. The molecule has 4 rings (SSSR count). The highest BCUT2D eigenvalue weighted by molar-refractivity contribution is 5.95. The van der Waals surface area contributed by atoms with Gasteiger partial charge in [-0.25, -0.2) is 9.67 Å². The third kappa shape index (κ3) is 3.74. The fourth-order valence-corrected chi connectivity index (χ4v) is 3.24. The van der Waals surface area contributed by atoms with Crippen LogP contribution in [0.15, 0.2) is 59.7 Å². The van der Waals surface area contributed by atoms with E-state index in [1.54, 1.807) is 15.8 Å². The van der Waals surface area contributed by atoms with Crippen molar-refractivity contribution in [3.05, 3.63) is 61.1 Å². The van der Waals surface area contributed by atoms with Gasteiger partial charge in [-0.1, -0.05) is 6.07 Å². The van der Waals surface area contributed by atoms with Crippen molar-refractivity contribution < 1.29 is 14.0 Å². The fourth-order valence-electron chi connectivity index (χ4n) is 3.24. The maximum absolute atomic E-state index is 12.7. The highest BCUT2D eigenvalue weighted by Gasteiger charge is 2.30. The summed E-state index contributed by atoms with van der Waals surface area (Å²) in [6.45, 7) is 0.975. The summed E-state index contributed by atoms with van der Waals surface area (Å²) < 4.78 is 6.81. The number of carbonyl (C=O) groups is 2. The first kappa shape index (κ1) is 17.0. The zero-order valence-corrected chi connectivity index (χ0v) is 14.6. The highest BCUT2D eigenvalue weighted by atomic mass is 16.3. The smallest absolute Gasteiger partial charge is 0.291 e. The van der Waals surface area contributed by atoms with E-state index in [9.17, 15) is 9.59 Å². The predicted octanol–water partition coefficient (Wildman–Crippen LogP) is 2.35. The van der Waals surface area contributed by atoms with Crippen LogP contribution in [0.5, 0.6) is 0 Å². The first-order chi connectivity index (χ1) is 13.2. The van der Waals surface area contributed by atoms with Crippen LogP contribution in [-0.4, -0.2) is 44.6 Å². The number of anilines is 1. The average Bonchev–Trinajstić information content (AvgIpc) is 3.42. The molecule has 27 heavy (non-hydrogen) atoms. The number of piperidine rings is 1. The van der Waals surface area contributed by atoms with E-state index < -0.39 is 0 Å². The third-order valence-electron chi connectivity index (χ3n) is 4.61. The molecule has 0 spiro atoms. The van der Waals surface area contributed by atoms with Crippen LogP contribution in [-0.2, 0) is 4.79 Å². The van der Waals surface area contributed by atoms with E-state index >= 15 is 0 Å². The van der Waals surface area contributed by atoms with Gasteiger partial charge in [0.2, 0.25) is 11.7 Å². The first-order valence-corrected chi connectivity index (χ1v) is 8.79. The Morgan fingerprint density at radius 1 is 1.26 bits per heavy atom. The molecule has 1 saturated heterocycles. The van der Waals surface area contributed by atoms with Crippen molar-refractivity contribution in [2.24, 2.45) is 5.92 Å². The Morgan fingerprint density at radius 3 is 2.96 bits per heavy atom. The molecule has 1 unspecified atom stereocenters. The summed E-state index contributed by atoms with van der Waals surface area (Å²) in [5.74, 6) is -0.393. The lowest BCUT2D eigenvalue weighted by atomic mass is 9.96. The van der Waals surface area contributed by atoms with E-state index in [4.69, 9.17) is 4.42 Å². The lowest BCUT2D eigenvalue weighted by Gasteiger charge is -2.31. The molecule has 2 aromatic heterocycles. The standard InChI is InChI=1S/C19H19N5O3/c25-18(22-15-5-1-6-16(10-15)24-9-3-7-21-24)14-4-2-8-23(12-14)19(26)17-11-20-13-27-17/h1,3,5-7,9-11,13-14H,2,4,8,12H2,(H,22,25). The van der Waals surface area contributed by atoms with Crippen LogP contribution < -0.4 is 5.32 Å². The van der Waals surface area contributed by atoms with E-state index in [-0.39, 0.29) is 23.5 Å². The van der Waals surface area contributed by atoms with E-state index in [0.717, 1.165) is 18.5 Å². The van der Waals surface area contributed by atoms with Crippen LogP contribution in [0.25, 0.3) is 5.69 Å². The van der Waals surface area contributed by atoms with Crippen molar-refractivity contribution >= 4 is 17.5 Å². The van der Waals surface area contributed by atoms with Gasteiger partial charge in [0, 0.05) is 31.2 Å². The van der Waals surface area contributed by atoms with Crippen molar-refractivity contribution in [1.29, 1.82) is 0 Å². The van der Waals surface area contributed by atoms with Gasteiger partial charge < -0.3 is 14.6 Å². The molecule has 138 valence electrons. The molecule has 8 nitrogen and oxygen atoms in total. The number of likely N-dealkylation sites (tertiary alicyclic amines) is 1. The van der Waals surface area contributed by atoms with Gasteiger partial charge >= 0.3 is 0 Å². The number of rotatable bonds is 4. The molecule has 1 atom stereocenters. The molecule has 0 saturated carbocycles. The summed E-state index contributed by atoms with van der Waals surface area (Å²) in [5, 5.41) is 7.15.